The van der Waals surface area contributed by atoms with Crippen molar-refractivity contribution in [3.63, 3.8) is 0 Å². The lowest BCUT2D eigenvalue weighted by Crippen LogP contribution is -1.94. The zero-order valence-corrected chi connectivity index (χ0v) is 10.9. The summed E-state index contributed by atoms with van der Waals surface area (Å²) in [4.78, 5) is 11.7. The van der Waals surface area contributed by atoms with Gasteiger partial charge in [0.1, 0.15) is 0 Å². The summed E-state index contributed by atoms with van der Waals surface area (Å²) in [5.41, 5.74) is 1.08. The Hall–Kier alpha value is 0.240. The summed E-state index contributed by atoms with van der Waals surface area (Å²) in [6.07, 6.45) is 3.93. The van der Waals surface area contributed by atoms with Crippen LogP contribution in [0.2, 0.25) is 0 Å². The van der Waals surface area contributed by atoms with Crippen LogP contribution < -0.4 is 0 Å². The number of hydrogen-bond acceptors (Lipinski definition) is 2. The molecule has 0 aromatic carbocycles. The molecule has 0 rings (SSSR count). The van der Waals surface area contributed by atoms with E-state index in [-0.39, 0.29) is 5.12 Å². The second kappa shape index (κ2) is 7.63. The zero-order valence-electron chi connectivity index (χ0n) is 8.47. The van der Waals surface area contributed by atoms with Gasteiger partial charge in [0.05, 0.1) is 0 Å². The highest BCUT2D eigenvalue weighted by molar-refractivity contribution is 9.09. The molecule has 76 valence electrons. The lowest BCUT2D eigenvalue weighted by atomic mass is 10.3. The van der Waals surface area contributed by atoms with Gasteiger partial charge in [-0.2, -0.15) is 0 Å². The van der Waals surface area contributed by atoms with Crippen LogP contribution in [0.25, 0.3) is 0 Å². The number of carbonyl (C=O) groups excluding carboxylic acids is 1. The largest absolute Gasteiger partial charge is 0.282 e. The minimum absolute atomic E-state index is 0.183. The van der Waals surface area contributed by atoms with Gasteiger partial charge in [-0.25, -0.2) is 0 Å². The first kappa shape index (κ1) is 13.2. The predicted octanol–water partition coefficient (Wildman–Crippen LogP) is 3.78. The van der Waals surface area contributed by atoms with Gasteiger partial charge in [-0.15, -0.1) is 0 Å². The van der Waals surface area contributed by atoms with Crippen LogP contribution in [0.5, 0.6) is 0 Å². The Bertz CT molecular complexity index is 183. The predicted molar refractivity (Wildman–Crippen MR) is 64.5 cm³/mol. The third-order valence-electron chi connectivity index (χ3n) is 1.40. The van der Waals surface area contributed by atoms with Gasteiger partial charge in [0.2, 0.25) is 5.12 Å². The molecular formula is C10H17BrOS. The Balaban J connectivity index is 3.44. The maximum Gasteiger partial charge on any atom is 0.212 e. The summed E-state index contributed by atoms with van der Waals surface area (Å²) in [7, 11) is 0. The molecule has 0 fully saturated rings. The summed E-state index contributed by atoms with van der Waals surface area (Å²) >= 11 is 4.89. The van der Waals surface area contributed by atoms with Gasteiger partial charge < -0.3 is 0 Å². The second-order valence-corrected chi connectivity index (χ2v) is 5.97. The molecule has 0 radical (unpaired) electrons. The van der Waals surface area contributed by atoms with Crippen LogP contribution in [0.1, 0.15) is 33.6 Å². The summed E-state index contributed by atoms with van der Waals surface area (Å²) in [5, 5.41) is 0.183. The Kier molecular flexibility index (Phi) is 7.77. The van der Waals surface area contributed by atoms with Gasteiger partial charge in [0.15, 0.2) is 0 Å². The highest BCUT2D eigenvalue weighted by Crippen LogP contribution is 2.12. The molecule has 0 N–H and O–H groups in total. The van der Waals surface area contributed by atoms with Crippen molar-refractivity contribution in [3.05, 3.63) is 11.6 Å². The molecule has 1 unspecified atom stereocenters. The van der Waals surface area contributed by atoms with Gasteiger partial charge >= 0.3 is 0 Å². The van der Waals surface area contributed by atoms with Crippen molar-refractivity contribution in [2.24, 2.45) is 0 Å². The molecule has 0 aromatic rings. The van der Waals surface area contributed by atoms with Crippen molar-refractivity contribution in [2.75, 3.05) is 5.75 Å². The van der Waals surface area contributed by atoms with Crippen LogP contribution >= 0.6 is 27.7 Å². The molecule has 0 saturated heterocycles. The third-order valence-corrected chi connectivity index (χ3v) is 2.75. The Labute approximate surface area is 93.5 Å². The second-order valence-electron chi connectivity index (χ2n) is 3.31. The maximum absolute atomic E-state index is 11.2. The Morgan fingerprint density at radius 3 is 2.62 bits per heavy atom. The first-order chi connectivity index (χ1) is 6.02. The number of allylic oxidation sites excluding steroid dienone is 1. The molecule has 0 amide bonds. The molecule has 3 heteroatoms. The molecular weight excluding hydrogens is 248 g/mol. The van der Waals surface area contributed by atoms with Gasteiger partial charge in [-0.1, -0.05) is 40.2 Å². The summed E-state index contributed by atoms with van der Waals surface area (Å²) in [6, 6.07) is 0. The van der Waals surface area contributed by atoms with E-state index in [4.69, 9.17) is 0 Å². The molecule has 0 aliphatic heterocycles. The van der Waals surface area contributed by atoms with E-state index in [1.165, 1.54) is 11.8 Å². The van der Waals surface area contributed by atoms with Crippen LogP contribution in [-0.2, 0) is 4.79 Å². The number of rotatable bonds is 5. The highest BCUT2D eigenvalue weighted by Gasteiger charge is 1.99. The molecule has 0 bridgehead atoms. The van der Waals surface area contributed by atoms with Gasteiger partial charge in [0, 0.05) is 10.6 Å². The van der Waals surface area contributed by atoms with E-state index >= 15 is 0 Å². The van der Waals surface area contributed by atoms with Crippen LogP contribution in [0.4, 0.5) is 0 Å². The summed E-state index contributed by atoms with van der Waals surface area (Å²) in [5.74, 6) is 0.929. The average molecular weight is 265 g/mol. The smallest absolute Gasteiger partial charge is 0.212 e. The number of alkyl halides is 1. The Morgan fingerprint density at radius 2 is 2.15 bits per heavy atom. The molecule has 0 aliphatic rings. The van der Waals surface area contributed by atoms with Crippen molar-refractivity contribution >= 4 is 32.8 Å². The number of halogens is 1. The minimum Gasteiger partial charge on any atom is -0.282 e. The molecule has 1 nitrogen and oxygen atoms in total. The fourth-order valence-electron chi connectivity index (χ4n) is 0.815. The third kappa shape index (κ3) is 10.2. The van der Waals surface area contributed by atoms with Crippen LogP contribution in [0, 0.1) is 0 Å². The molecule has 0 saturated carbocycles. The summed E-state index contributed by atoms with van der Waals surface area (Å²) < 4.78 is 0. The molecule has 0 heterocycles. The topological polar surface area (TPSA) is 17.1 Å². The standard InChI is InChI=1S/C10H17BrOS/c1-8(2)7-10(12)13-6-4-5-9(3)11/h7,9H,4-6H2,1-3H3. The van der Waals surface area contributed by atoms with E-state index < -0.39 is 0 Å². The SMILES string of the molecule is CC(C)=CC(=O)SCCCC(C)Br. The van der Waals surface area contributed by atoms with E-state index in [0.29, 0.717) is 4.83 Å². The van der Waals surface area contributed by atoms with Crippen LogP contribution in [-0.4, -0.2) is 15.7 Å². The van der Waals surface area contributed by atoms with E-state index in [1.54, 1.807) is 6.08 Å². The van der Waals surface area contributed by atoms with Crippen LogP contribution in [0.3, 0.4) is 0 Å². The number of hydrogen-bond donors (Lipinski definition) is 0. The normalized spacial score (nSPS) is 12.3. The number of thioether (sulfide) groups is 1. The van der Waals surface area contributed by atoms with E-state index in [2.05, 4.69) is 22.9 Å². The van der Waals surface area contributed by atoms with E-state index in [0.717, 1.165) is 24.2 Å². The zero-order chi connectivity index (χ0) is 10.3. The molecule has 0 aliphatic carbocycles. The molecule has 0 aromatic heterocycles. The van der Waals surface area contributed by atoms with Crippen molar-refractivity contribution in [2.45, 2.75) is 38.4 Å². The van der Waals surface area contributed by atoms with E-state index in [1.807, 2.05) is 13.8 Å². The number of carbonyl (C=O) groups is 1. The fraction of sp³-hybridized carbons (Fsp3) is 0.700. The van der Waals surface area contributed by atoms with Gasteiger partial charge in [0.25, 0.3) is 0 Å². The first-order valence-corrected chi connectivity index (χ1v) is 6.38. The van der Waals surface area contributed by atoms with Gasteiger partial charge in [-0.3, -0.25) is 4.79 Å². The first-order valence-electron chi connectivity index (χ1n) is 4.48. The average Bonchev–Trinajstić information content (AvgIpc) is 1.96. The van der Waals surface area contributed by atoms with Crippen LogP contribution in [0.15, 0.2) is 11.6 Å². The van der Waals surface area contributed by atoms with Crippen molar-refractivity contribution in [1.82, 2.24) is 0 Å². The molecule has 0 spiro atoms. The van der Waals surface area contributed by atoms with Crippen molar-refractivity contribution < 1.29 is 4.79 Å². The quantitative estimate of drug-likeness (QED) is 0.427. The molecule has 1 atom stereocenters. The van der Waals surface area contributed by atoms with Gasteiger partial charge in [-0.05, 0) is 32.8 Å². The monoisotopic (exact) mass is 264 g/mol. The maximum atomic E-state index is 11.2. The minimum atomic E-state index is 0.183. The lowest BCUT2D eigenvalue weighted by molar-refractivity contribution is -0.107. The van der Waals surface area contributed by atoms with Crippen molar-refractivity contribution in [1.29, 1.82) is 0 Å². The van der Waals surface area contributed by atoms with Crippen molar-refractivity contribution in [3.8, 4) is 0 Å². The summed E-state index contributed by atoms with van der Waals surface area (Å²) in [6.45, 7) is 6.01. The van der Waals surface area contributed by atoms with E-state index in [9.17, 15) is 4.79 Å². The fourth-order valence-corrected chi connectivity index (χ4v) is 1.97. The Morgan fingerprint density at radius 1 is 1.54 bits per heavy atom. The lowest BCUT2D eigenvalue weighted by Gasteiger charge is -2.00. The highest BCUT2D eigenvalue weighted by atomic mass is 79.9. The molecule has 13 heavy (non-hydrogen) atoms.